The lowest BCUT2D eigenvalue weighted by molar-refractivity contribution is -0.138. The van der Waals surface area contributed by atoms with Crippen molar-refractivity contribution in [1.29, 1.82) is 0 Å². The summed E-state index contributed by atoms with van der Waals surface area (Å²) in [5, 5.41) is 1.28. The molecule has 0 spiro atoms. The maximum atomic E-state index is 12.5. The van der Waals surface area contributed by atoms with Crippen LogP contribution in [0.1, 0.15) is 31.2 Å². The van der Waals surface area contributed by atoms with E-state index in [1.54, 1.807) is 0 Å². The predicted molar refractivity (Wildman–Crippen MR) is 92.2 cm³/mol. The summed E-state index contributed by atoms with van der Waals surface area (Å²) in [6, 6.07) is 9.30. The molecule has 0 unspecified atom stereocenters. The van der Waals surface area contributed by atoms with Crippen molar-refractivity contribution in [2.75, 3.05) is 19.6 Å². The van der Waals surface area contributed by atoms with Crippen molar-refractivity contribution in [2.45, 2.75) is 38.3 Å². The Morgan fingerprint density at radius 2 is 1.96 bits per heavy atom. The highest BCUT2D eigenvalue weighted by molar-refractivity contribution is 5.81. The molecule has 23 heavy (non-hydrogen) atoms. The average Bonchev–Trinajstić information content (AvgIpc) is 3.18. The lowest BCUT2D eigenvalue weighted by Gasteiger charge is -2.37. The molecule has 1 saturated carbocycles. The van der Waals surface area contributed by atoms with Gasteiger partial charge in [0.05, 0.1) is 6.54 Å². The van der Waals surface area contributed by atoms with Gasteiger partial charge in [-0.05, 0) is 42.0 Å². The van der Waals surface area contributed by atoms with Crippen LogP contribution in [0.4, 0.5) is 0 Å². The van der Waals surface area contributed by atoms with Crippen LogP contribution in [0.5, 0.6) is 0 Å². The van der Waals surface area contributed by atoms with Crippen molar-refractivity contribution < 1.29 is 4.79 Å². The van der Waals surface area contributed by atoms with Gasteiger partial charge in [-0.2, -0.15) is 0 Å². The topological polar surface area (TPSA) is 28.5 Å². The molecule has 2 heterocycles. The Morgan fingerprint density at radius 1 is 1.13 bits per heavy atom. The van der Waals surface area contributed by atoms with Gasteiger partial charge in [0.2, 0.25) is 5.91 Å². The summed E-state index contributed by atoms with van der Waals surface area (Å²) >= 11 is 0. The second-order valence-corrected chi connectivity index (χ2v) is 7.06. The highest BCUT2D eigenvalue weighted by Crippen LogP contribution is 2.25. The molecular formula is C19H25N3O. The van der Waals surface area contributed by atoms with E-state index in [1.807, 2.05) is 0 Å². The third-order valence-electron chi connectivity index (χ3n) is 5.46. The summed E-state index contributed by atoms with van der Waals surface area (Å²) < 4.78 is 2.14. The number of fused-ring (bicyclic) bond motifs is 1. The maximum absolute atomic E-state index is 12.5. The van der Waals surface area contributed by atoms with Crippen molar-refractivity contribution in [2.24, 2.45) is 7.05 Å². The highest BCUT2D eigenvalue weighted by atomic mass is 16.2. The fourth-order valence-electron chi connectivity index (χ4n) is 4.16. The van der Waals surface area contributed by atoms with E-state index in [2.05, 4.69) is 51.9 Å². The third kappa shape index (κ3) is 2.88. The van der Waals surface area contributed by atoms with Crippen LogP contribution >= 0.6 is 0 Å². The van der Waals surface area contributed by atoms with Crippen LogP contribution in [-0.2, 0) is 18.4 Å². The van der Waals surface area contributed by atoms with Gasteiger partial charge in [0.25, 0.3) is 0 Å². The van der Waals surface area contributed by atoms with E-state index in [0.29, 0.717) is 18.5 Å². The number of rotatable bonds is 3. The summed E-state index contributed by atoms with van der Waals surface area (Å²) in [4.78, 5) is 16.9. The molecular weight excluding hydrogens is 286 g/mol. The smallest absolute Gasteiger partial charge is 0.237 e. The molecule has 1 saturated heterocycles. The Balaban J connectivity index is 1.42. The molecule has 0 atom stereocenters. The number of aromatic nitrogens is 1. The quantitative estimate of drug-likeness (QED) is 0.872. The normalized spacial score (nSPS) is 20.7. The minimum atomic E-state index is 0.323. The first kappa shape index (κ1) is 14.8. The van der Waals surface area contributed by atoms with Crippen LogP contribution in [0, 0.1) is 0 Å². The zero-order chi connectivity index (χ0) is 15.8. The number of aryl methyl sites for hydroxylation is 1. The van der Waals surface area contributed by atoms with Crippen molar-refractivity contribution >= 4 is 16.8 Å². The van der Waals surface area contributed by atoms with Gasteiger partial charge >= 0.3 is 0 Å². The zero-order valence-corrected chi connectivity index (χ0v) is 13.9. The predicted octanol–water partition coefficient (Wildman–Crippen LogP) is 2.77. The highest BCUT2D eigenvalue weighted by Gasteiger charge is 2.31. The molecule has 4 rings (SSSR count). The second kappa shape index (κ2) is 6.00. The number of amides is 1. The number of carbonyl (C=O) groups excluding carboxylic acids is 1. The lowest BCUT2D eigenvalue weighted by Crippen LogP contribution is -2.53. The molecule has 2 aliphatic rings. The van der Waals surface area contributed by atoms with E-state index in [0.717, 1.165) is 19.6 Å². The van der Waals surface area contributed by atoms with Gasteiger partial charge in [-0.15, -0.1) is 0 Å². The fraction of sp³-hybridized carbons (Fsp3) is 0.526. The Labute approximate surface area is 137 Å². The number of carbonyl (C=O) groups is 1. The molecule has 1 amide bonds. The molecule has 2 fully saturated rings. The van der Waals surface area contributed by atoms with Gasteiger partial charge in [0, 0.05) is 44.4 Å². The van der Waals surface area contributed by atoms with E-state index < -0.39 is 0 Å². The van der Waals surface area contributed by atoms with Crippen LogP contribution in [0.2, 0.25) is 0 Å². The molecule has 4 nitrogen and oxygen atoms in total. The number of nitrogens with zero attached hydrogens (tertiary/aromatic N) is 3. The van der Waals surface area contributed by atoms with E-state index in [9.17, 15) is 4.79 Å². The van der Waals surface area contributed by atoms with Crippen LogP contribution in [-0.4, -0.2) is 46.0 Å². The molecule has 4 heteroatoms. The molecule has 0 N–H and O–H groups in total. The molecule has 1 aliphatic carbocycles. The molecule has 0 radical (unpaired) electrons. The molecule has 122 valence electrons. The standard InChI is InChI=1S/C19H25N3O/c1-20-9-8-16-12-15(6-7-18(16)20)13-21-10-11-22(19(23)14-21)17-4-2-3-5-17/h6-9,12,17H,2-5,10-11,13-14H2,1H3. The second-order valence-electron chi connectivity index (χ2n) is 7.06. The van der Waals surface area contributed by atoms with Gasteiger partial charge in [-0.3, -0.25) is 9.69 Å². The first-order valence-corrected chi connectivity index (χ1v) is 8.76. The average molecular weight is 311 g/mol. The van der Waals surface area contributed by atoms with Crippen molar-refractivity contribution in [1.82, 2.24) is 14.4 Å². The summed E-state index contributed by atoms with van der Waals surface area (Å²) in [5.41, 5.74) is 2.56. The minimum absolute atomic E-state index is 0.323. The number of piperazine rings is 1. The Kier molecular flexibility index (Phi) is 3.85. The summed E-state index contributed by atoms with van der Waals surface area (Å²) in [6.07, 6.45) is 7.08. The van der Waals surface area contributed by atoms with Crippen LogP contribution in [0.25, 0.3) is 10.9 Å². The van der Waals surface area contributed by atoms with Gasteiger partial charge in [-0.1, -0.05) is 18.9 Å². The lowest BCUT2D eigenvalue weighted by atomic mass is 10.1. The molecule has 1 aromatic heterocycles. The minimum Gasteiger partial charge on any atom is -0.351 e. The van der Waals surface area contributed by atoms with E-state index in [4.69, 9.17) is 0 Å². The summed E-state index contributed by atoms with van der Waals surface area (Å²) in [5.74, 6) is 0.323. The SMILES string of the molecule is Cn1ccc2cc(CN3CCN(C4CCCC4)C(=O)C3)ccc21. The summed E-state index contributed by atoms with van der Waals surface area (Å²) in [6.45, 7) is 3.34. The zero-order valence-electron chi connectivity index (χ0n) is 13.9. The largest absolute Gasteiger partial charge is 0.351 e. The number of hydrogen-bond donors (Lipinski definition) is 0. The molecule has 0 bridgehead atoms. The summed E-state index contributed by atoms with van der Waals surface area (Å²) in [7, 11) is 2.07. The van der Waals surface area contributed by atoms with E-state index in [-0.39, 0.29) is 0 Å². The van der Waals surface area contributed by atoms with Gasteiger partial charge in [0.15, 0.2) is 0 Å². The fourth-order valence-corrected chi connectivity index (χ4v) is 4.16. The van der Waals surface area contributed by atoms with Crippen LogP contribution < -0.4 is 0 Å². The van der Waals surface area contributed by atoms with E-state index in [1.165, 1.54) is 42.1 Å². The molecule has 1 aromatic carbocycles. The Morgan fingerprint density at radius 3 is 2.74 bits per heavy atom. The monoisotopic (exact) mass is 311 g/mol. The van der Waals surface area contributed by atoms with E-state index >= 15 is 0 Å². The number of hydrogen-bond acceptors (Lipinski definition) is 2. The van der Waals surface area contributed by atoms with Gasteiger partial charge in [-0.25, -0.2) is 0 Å². The molecule has 2 aromatic rings. The van der Waals surface area contributed by atoms with Crippen molar-refractivity contribution in [3.63, 3.8) is 0 Å². The Bertz CT molecular complexity index is 714. The van der Waals surface area contributed by atoms with Crippen LogP contribution in [0.15, 0.2) is 30.5 Å². The van der Waals surface area contributed by atoms with Gasteiger partial charge in [0.1, 0.15) is 0 Å². The van der Waals surface area contributed by atoms with Crippen molar-refractivity contribution in [3.05, 3.63) is 36.0 Å². The van der Waals surface area contributed by atoms with Crippen LogP contribution in [0.3, 0.4) is 0 Å². The first-order chi connectivity index (χ1) is 11.2. The Hall–Kier alpha value is -1.81. The maximum Gasteiger partial charge on any atom is 0.237 e. The number of benzene rings is 1. The first-order valence-electron chi connectivity index (χ1n) is 8.76. The third-order valence-corrected chi connectivity index (χ3v) is 5.46. The van der Waals surface area contributed by atoms with Crippen molar-refractivity contribution in [3.8, 4) is 0 Å². The van der Waals surface area contributed by atoms with Gasteiger partial charge < -0.3 is 9.47 Å². The molecule has 1 aliphatic heterocycles.